The van der Waals surface area contributed by atoms with Gasteiger partial charge in [-0.2, -0.15) is 0 Å². The van der Waals surface area contributed by atoms with Gasteiger partial charge in [0, 0.05) is 36.7 Å². The van der Waals surface area contributed by atoms with Crippen LogP contribution in [0, 0.1) is 0 Å². The molecule has 20 heavy (non-hydrogen) atoms. The van der Waals surface area contributed by atoms with Crippen molar-refractivity contribution in [2.45, 2.75) is 32.4 Å². The number of nitrogens with zero attached hydrogens (tertiary/aromatic N) is 3. The van der Waals surface area contributed by atoms with E-state index >= 15 is 0 Å². The lowest BCUT2D eigenvalue weighted by atomic mass is 10.1. The average Bonchev–Trinajstić information content (AvgIpc) is 3.05. The van der Waals surface area contributed by atoms with Crippen molar-refractivity contribution >= 4 is 5.65 Å². The van der Waals surface area contributed by atoms with Crippen molar-refractivity contribution < 1.29 is 0 Å². The Bertz CT molecular complexity index is 662. The molecule has 0 bridgehead atoms. The largest absolute Gasteiger partial charge is 0.345 e. The van der Waals surface area contributed by atoms with Crippen molar-refractivity contribution in [3.63, 3.8) is 0 Å². The number of imidazole rings is 1. The summed E-state index contributed by atoms with van der Waals surface area (Å²) in [6, 6.07) is 10.5. The monoisotopic (exact) mass is 268 g/mol. The Balaban J connectivity index is 1.82. The van der Waals surface area contributed by atoms with E-state index in [0.717, 1.165) is 30.7 Å². The number of hydrogen-bond acceptors (Lipinski definition) is 2. The zero-order chi connectivity index (χ0) is 13.9. The van der Waals surface area contributed by atoms with Crippen molar-refractivity contribution in [3.05, 3.63) is 60.3 Å². The van der Waals surface area contributed by atoms with Gasteiger partial charge in [-0.25, -0.2) is 4.98 Å². The second kappa shape index (κ2) is 5.51. The first-order chi connectivity index (χ1) is 9.76. The van der Waals surface area contributed by atoms with Gasteiger partial charge in [-0.15, -0.1) is 0 Å². The number of nitrogens with two attached hydrogens (primary N) is 1. The molecule has 0 spiro atoms. The smallest absolute Gasteiger partial charge is 0.137 e. The fourth-order valence-electron chi connectivity index (χ4n) is 2.44. The van der Waals surface area contributed by atoms with E-state index in [1.54, 1.807) is 0 Å². The summed E-state index contributed by atoms with van der Waals surface area (Å²) in [6.07, 6.45) is 8.12. The van der Waals surface area contributed by atoms with E-state index in [2.05, 4.69) is 45.4 Å². The molecule has 3 rings (SSSR count). The minimum absolute atomic E-state index is 0.227. The molecule has 1 unspecified atom stereocenters. The molecular formula is C16H20N4. The van der Waals surface area contributed by atoms with Crippen LogP contribution in [0.2, 0.25) is 0 Å². The molecule has 0 radical (unpaired) electrons. The van der Waals surface area contributed by atoms with E-state index in [0.29, 0.717) is 0 Å². The third-order valence-corrected chi connectivity index (χ3v) is 3.67. The minimum Gasteiger partial charge on any atom is -0.345 e. The quantitative estimate of drug-likeness (QED) is 0.772. The van der Waals surface area contributed by atoms with Crippen LogP contribution in [0.1, 0.15) is 24.7 Å². The van der Waals surface area contributed by atoms with Crippen molar-refractivity contribution in [1.29, 1.82) is 0 Å². The first kappa shape index (κ1) is 12.9. The van der Waals surface area contributed by atoms with Gasteiger partial charge in [0.1, 0.15) is 5.65 Å². The SMILES string of the molecule is CCC(N)Cc1cccn1Cc1cn2ccccc2n1. The number of rotatable bonds is 5. The molecule has 3 aromatic rings. The Morgan fingerprint density at radius 3 is 2.90 bits per heavy atom. The fraction of sp³-hybridized carbons (Fsp3) is 0.312. The molecule has 1 atom stereocenters. The summed E-state index contributed by atoms with van der Waals surface area (Å²) < 4.78 is 4.29. The van der Waals surface area contributed by atoms with E-state index in [9.17, 15) is 0 Å². The zero-order valence-electron chi connectivity index (χ0n) is 11.7. The summed E-state index contributed by atoms with van der Waals surface area (Å²) in [7, 11) is 0. The maximum Gasteiger partial charge on any atom is 0.137 e. The molecule has 104 valence electrons. The molecule has 3 heterocycles. The number of pyridine rings is 1. The zero-order valence-corrected chi connectivity index (χ0v) is 11.7. The van der Waals surface area contributed by atoms with Crippen LogP contribution in [0.15, 0.2) is 48.9 Å². The van der Waals surface area contributed by atoms with Crippen molar-refractivity contribution in [2.24, 2.45) is 5.73 Å². The van der Waals surface area contributed by atoms with Gasteiger partial charge in [0.15, 0.2) is 0 Å². The van der Waals surface area contributed by atoms with Gasteiger partial charge in [-0.3, -0.25) is 0 Å². The molecule has 4 heteroatoms. The van der Waals surface area contributed by atoms with Gasteiger partial charge in [0.25, 0.3) is 0 Å². The van der Waals surface area contributed by atoms with Gasteiger partial charge >= 0.3 is 0 Å². The van der Waals surface area contributed by atoms with Gasteiger partial charge < -0.3 is 14.7 Å². The predicted octanol–water partition coefficient (Wildman–Crippen LogP) is 2.46. The maximum atomic E-state index is 6.05. The maximum absolute atomic E-state index is 6.05. The first-order valence-electron chi connectivity index (χ1n) is 7.08. The number of fused-ring (bicyclic) bond motifs is 1. The molecule has 3 aromatic heterocycles. The Morgan fingerprint density at radius 1 is 1.20 bits per heavy atom. The molecule has 0 fully saturated rings. The molecule has 0 aliphatic rings. The van der Waals surface area contributed by atoms with Crippen molar-refractivity contribution in [3.8, 4) is 0 Å². The minimum atomic E-state index is 0.227. The Labute approximate surface area is 118 Å². The summed E-state index contributed by atoms with van der Waals surface area (Å²) in [5, 5.41) is 0. The van der Waals surface area contributed by atoms with Crippen LogP contribution in [-0.2, 0) is 13.0 Å². The highest BCUT2D eigenvalue weighted by atomic mass is 15.0. The van der Waals surface area contributed by atoms with Crippen LogP contribution < -0.4 is 5.73 Å². The fourth-order valence-corrected chi connectivity index (χ4v) is 2.44. The highest BCUT2D eigenvalue weighted by Gasteiger charge is 2.08. The lowest BCUT2D eigenvalue weighted by molar-refractivity contribution is 0.608. The third kappa shape index (κ3) is 2.60. The topological polar surface area (TPSA) is 48.2 Å². The molecule has 0 aliphatic carbocycles. The first-order valence-corrected chi connectivity index (χ1v) is 7.08. The molecule has 2 N–H and O–H groups in total. The van der Waals surface area contributed by atoms with Gasteiger partial charge in [-0.1, -0.05) is 13.0 Å². The summed E-state index contributed by atoms with van der Waals surface area (Å²) in [5.74, 6) is 0. The van der Waals surface area contributed by atoms with E-state index in [-0.39, 0.29) is 6.04 Å². The molecular weight excluding hydrogens is 248 g/mol. The van der Waals surface area contributed by atoms with Crippen LogP contribution in [0.5, 0.6) is 0 Å². The molecule has 0 aliphatic heterocycles. The van der Waals surface area contributed by atoms with E-state index in [1.165, 1.54) is 5.69 Å². The summed E-state index contributed by atoms with van der Waals surface area (Å²) >= 11 is 0. The highest BCUT2D eigenvalue weighted by molar-refractivity contribution is 5.39. The lowest BCUT2D eigenvalue weighted by Crippen LogP contribution is -2.23. The molecule has 0 saturated heterocycles. The van der Waals surface area contributed by atoms with Crippen molar-refractivity contribution in [1.82, 2.24) is 14.0 Å². The van der Waals surface area contributed by atoms with Gasteiger partial charge in [0.2, 0.25) is 0 Å². The Kier molecular flexibility index (Phi) is 3.56. The molecule has 0 aromatic carbocycles. The second-order valence-corrected chi connectivity index (χ2v) is 5.20. The van der Waals surface area contributed by atoms with Crippen LogP contribution in [0.4, 0.5) is 0 Å². The van der Waals surface area contributed by atoms with Gasteiger partial charge in [0.05, 0.1) is 12.2 Å². The second-order valence-electron chi connectivity index (χ2n) is 5.20. The number of aromatic nitrogens is 3. The lowest BCUT2D eigenvalue weighted by Gasteiger charge is -2.11. The van der Waals surface area contributed by atoms with Crippen LogP contribution in [-0.4, -0.2) is 20.0 Å². The van der Waals surface area contributed by atoms with E-state index in [4.69, 9.17) is 5.73 Å². The summed E-state index contributed by atoms with van der Waals surface area (Å²) in [6.45, 7) is 2.92. The highest BCUT2D eigenvalue weighted by Crippen LogP contribution is 2.11. The summed E-state index contributed by atoms with van der Waals surface area (Å²) in [5.41, 5.74) is 9.38. The van der Waals surface area contributed by atoms with Gasteiger partial charge in [-0.05, 0) is 30.7 Å². The third-order valence-electron chi connectivity index (χ3n) is 3.67. The van der Waals surface area contributed by atoms with Crippen LogP contribution >= 0.6 is 0 Å². The Morgan fingerprint density at radius 2 is 2.10 bits per heavy atom. The predicted molar refractivity (Wildman–Crippen MR) is 80.7 cm³/mol. The Hall–Kier alpha value is -2.07. The normalized spacial score (nSPS) is 12.9. The number of hydrogen-bond donors (Lipinski definition) is 1. The molecule has 4 nitrogen and oxygen atoms in total. The van der Waals surface area contributed by atoms with Crippen LogP contribution in [0.3, 0.4) is 0 Å². The standard InChI is InChI=1S/C16H20N4/c1-2-13(17)10-15-6-5-9-19(15)11-14-12-20-8-4-3-7-16(20)18-14/h3-9,12-13H,2,10-11,17H2,1H3. The summed E-state index contributed by atoms with van der Waals surface area (Å²) in [4.78, 5) is 4.64. The average molecular weight is 268 g/mol. The van der Waals surface area contributed by atoms with Crippen LogP contribution in [0.25, 0.3) is 5.65 Å². The molecule has 0 amide bonds. The van der Waals surface area contributed by atoms with Crippen molar-refractivity contribution in [2.75, 3.05) is 0 Å². The molecule has 0 saturated carbocycles. The van der Waals surface area contributed by atoms with E-state index < -0.39 is 0 Å². The van der Waals surface area contributed by atoms with E-state index in [1.807, 2.05) is 24.4 Å².